The third-order valence-corrected chi connectivity index (χ3v) is 4.83. The number of fused-ring (bicyclic) bond motifs is 2. The maximum atomic E-state index is 13.4. The predicted molar refractivity (Wildman–Crippen MR) is 65.2 cm³/mol. The Morgan fingerprint density at radius 3 is 2.88 bits per heavy atom. The molecule has 16 heavy (non-hydrogen) atoms. The molecule has 0 amide bonds. The van der Waals surface area contributed by atoms with Crippen LogP contribution in [0.15, 0.2) is 22.3 Å². The van der Waals surface area contributed by atoms with Gasteiger partial charge in [-0.3, -0.25) is 0 Å². The summed E-state index contributed by atoms with van der Waals surface area (Å²) in [6, 6.07) is 0. The SMILES string of the molecule is FC1C=C(Cl)C2=C(CC[C@@H]3CCCC[C@H]23)C1. The van der Waals surface area contributed by atoms with Crippen LogP contribution in [0.1, 0.15) is 44.9 Å². The number of halogens is 2. The fraction of sp³-hybridized carbons (Fsp3) is 0.714. The molecule has 3 rings (SSSR count). The number of hydrogen-bond acceptors (Lipinski definition) is 0. The van der Waals surface area contributed by atoms with E-state index < -0.39 is 6.17 Å². The molecule has 0 spiro atoms. The minimum Gasteiger partial charge on any atom is -0.243 e. The molecule has 0 aromatic rings. The van der Waals surface area contributed by atoms with Crippen LogP contribution in [0.2, 0.25) is 0 Å². The van der Waals surface area contributed by atoms with Gasteiger partial charge in [-0.25, -0.2) is 4.39 Å². The lowest BCUT2D eigenvalue weighted by molar-refractivity contribution is 0.237. The van der Waals surface area contributed by atoms with Crippen molar-refractivity contribution in [2.24, 2.45) is 11.8 Å². The Labute approximate surface area is 102 Å². The Hall–Kier alpha value is -0.300. The third-order valence-electron chi connectivity index (χ3n) is 4.50. The lowest BCUT2D eigenvalue weighted by Crippen LogP contribution is -2.28. The van der Waals surface area contributed by atoms with Crippen LogP contribution >= 0.6 is 11.6 Å². The van der Waals surface area contributed by atoms with Gasteiger partial charge in [-0.1, -0.05) is 30.0 Å². The molecule has 0 N–H and O–H groups in total. The molecule has 0 aliphatic heterocycles. The van der Waals surface area contributed by atoms with Crippen LogP contribution in [0.25, 0.3) is 0 Å². The van der Waals surface area contributed by atoms with Gasteiger partial charge in [0.2, 0.25) is 0 Å². The molecule has 1 fully saturated rings. The predicted octanol–water partition coefficient (Wildman–Crippen LogP) is 4.75. The van der Waals surface area contributed by atoms with Crippen molar-refractivity contribution >= 4 is 11.6 Å². The quantitative estimate of drug-likeness (QED) is 0.573. The minimum atomic E-state index is -0.841. The second-order valence-electron chi connectivity index (χ2n) is 5.44. The maximum absolute atomic E-state index is 13.4. The van der Waals surface area contributed by atoms with E-state index in [9.17, 15) is 4.39 Å². The minimum absolute atomic E-state index is 0.606. The van der Waals surface area contributed by atoms with Crippen LogP contribution in [0.4, 0.5) is 4.39 Å². The fourth-order valence-electron chi connectivity index (χ4n) is 3.79. The molecule has 0 aromatic heterocycles. The number of allylic oxidation sites excluding steroid dienone is 4. The van der Waals surface area contributed by atoms with Gasteiger partial charge in [0.1, 0.15) is 6.17 Å². The van der Waals surface area contributed by atoms with Crippen LogP contribution in [-0.4, -0.2) is 6.17 Å². The van der Waals surface area contributed by atoms with E-state index in [0.29, 0.717) is 12.3 Å². The molecule has 1 saturated carbocycles. The zero-order chi connectivity index (χ0) is 11.1. The lowest BCUT2D eigenvalue weighted by atomic mass is 9.66. The summed E-state index contributed by atoms with van der Waals surface area (Å²) in [5.41, 5.74) is 2.66. The summed E-state index contributed by atoms with van der Waals surface area (Å²) < 4.78 is 13.4. The van der Waals surface area contributed by atoms with Gasteiger partial charge in [0.25, 0.3) is 0 Å². The average Bonchev–Trinajstić information content (AvgIpc) is 2.28. The Kier molecular flexibility index (Phi) is 2.83. The summed E-state index contributed by atoms with van der Waals surface area (Å²) in [5, 5.41) is 0.727. The van der Waals surface area contributed by atoms with E-state index in [1.807, 2.05) is 0 Å². The molecule has 2 heteroatoms. The topological polar surface area (TPSA) is 0 Å². The van der Waals surface area contributed by atoms with Gasteiger partial charge in [-0.2, -0.15) is 0 Å². The molecule has 3 atom stereocenters. The Morgan fingerprint density at radius 2 is 2.00 bits per heavy atom. The van der Waals surface area contributed by atoms with Crippen molar-refractivity contribution in [1.82, 2.24) is 0 Å². The summed E-state index contributed by atoms with van der Waals surface area (Å²) in [7, 11) is 0. The van der Waals surface area contributed by atoms with Crippen LogP contribution in [-0.2, 0) is 0 Å². The number of alkyl halides is 1. The molecule has 0 heterocycles. The third kappa shape index (κ3) is 1.73. The van der Waals surface area contributed by atoms with E-state index >= 15 is 0 Å². The number of hydrogen-bond donors (Lipinski definition) is 0. The molecule has 3 aliphatic carbocycles. The highest BCUT2D eigenvalue weighted by Gasteiger charge is 2.36. The Bertz CT molecular complexity index is 356. The van der Waals surface area contributed by atoms with Crippen molar-refractivity contribution in [3.05, 3.63) is 22.3 Å². The van der Waals surface area contributed by atoms with Crippen molar-refractivity contribution in [3.63, 3.8) is 0 Å². The highest BCUT2D eigenvalue weighted by atomic mass is 35.5. The van der Waals surface area contributed by atoms with E-state index in [-0.39, 0.29) is 0 Å². The molecular formula is C14H18ClF. The lowest BCUT2D eigenvalue weighted by Gasteiger charge is -2.40. The summed E-state index contributed by atoms with van der Waals surface area (Å²) in [5.74, 6) is 1.47. The van der Waals surface area contributed by atoms with E-state index in [1.54, 1.807) is 6.08 Å². The first-order valence-electron chi connectivity index (χ1n) is 6.49. The van der Waals surface area contributed by atoms with Gasteiger partial charge >= 0.3 is 0 Å². The first-order chi connectivity index (χ1) is 7.75. The van der Waals surface area contributed by atoms with E-state index in [1.165, 1.54) is 43.3 Å². The Balaban J connectivity index is 1.95. The average molecular weight is 241 g/mol. The zero-order valence-electron chi connectivity index (χ0n) is 9.52. The zero-order valence-corrected chi connectivity index (χ0v) is 10.3. The van der Waals surface area contributed by atoms with Crippen molar-refractivity contribution in [2.45, 2.75) is 51.1 Å². The summed E-state index contributed by atoms with van der Waals surface area (Å²) in [6.07, 6.45) is 9.05. The van der Waals surface area contributed by atoms with Crippen LogP contribution in [0, 0.1) is 11.8 Å². The molecule has 0 bridgehead atoms. The molecule has 0 nitrogen and oxygen atoms in total. The van der Waals surface area contributed by atoms with Gasteiger partial charge in [-0.05, 0) is 49.2 Å². The monoisotopic (exact) mass is 240 g/mol. The van der Waals surface area contributed by atoms with Crippen molar-refractivity contribution in [2.75, 3.05) is 0 Å². The normalized spacial score (nSPS) is 38.9. The van der Waals surface area contributed by atoms with Gasteiger partial charge in [0, 0.05) is 11.5 Å². The van der Waals surface area contributed by atoms with Crippen molar-refractivity contribution < 1.29 is 4.39 Å². The first-order valence-corrected chi connectivity index (χ1v) is 6.87. The molecule has 0 radical (unpaired) electrons. The number of rotatable bonds is 0. The fourth-order valence-corrected chi connectivity index (χ4v) is 4.20. The summed E-state index contributed by atoms with van der Waals surface area (Å²) in [4.78, 5) is 0. The van der Waals surface area contributed by atoms with Crippen molar-refractivity contribution in [3.8, 4) is 0 Å². The second kappa shape index (κ2) is 4.18. The van der Waals surface area contributed by atoms with Crippen LogP contribution in [0.3, 0.4) is 0 Å². The molecular weight excluding hydrogens is 223 g/mol. The first kappa shape index (κ1) is 10.8. The maximum Gasteiger partial charge on any atom is 0.124 e. The standard InChI is InChI=1S/C14H18ClF/c15-13-8-11(16)7-10-6-5-9-3-1-2-4-12(9)14(10)13/h8-9,11-12H,1-7H2/t9-,11?,12-/m0/s1. The molecule has 88 valence electrons. The smallest absolute Gasteiger partial charge is 0.124 e. The van der Waals surface area contributed by atoms with Crippen molar-refractivity contribution in [1.29, 1.82) is 0 Å². The van der Waals surface area contributed by atoms with Gasteiger partial charge in [0.05, 0.1) is 0 Å². The van der Waals surface area contributed by atoms with Crippen LogP contribution in [0.5, 0.6) is 0 Å². The van der Waals surface area contributed by atoms with Crippen LogP contribution < -0.4 is 0 Å². The highest BCUT2D eigenvalue weighted by Crippen LogP contribution is 2.49. The van der Waals surface area contributed by atoms with Gasteiger partial charge in [-0.15, -0.1) is 0 Å². The molecule has 3 aliphatic rings. The molecule has 0 aromatic carbocycles. The highest BCUT2D eigenvalue weighted by molar-refractivity contribution is 6.32. The molecule has 1 unspecified atom stereocenters. The summed E-state index contributed by atoms with van der Waals surface area (Å²) in [6.45, 7) is 0. The second-order valence-corrected chi connectivity index (χ2v) is 5.85. The van der Waals surface area contributed by atoms with Gasteiger partial charge < -0.3 is 0 Å². The van der Waals surface area contributed by atoms with Gasteiger partial charge in [0.15, 0.2) is 0 Å². The van der Waals surface area contributed by atoms with E-state index in [4.69, 9.17) is 11.6 Å². The largest absolute Gasteiger partial charge is 0.243 e. The van der Waals surface area contributed by atoms with E-state index in [2.05, 4.69) is 0 Å². The van der Waals surface area contributed by atoms with E-state index in [0.717, 1.165) is 17.4 Å². The summed E-state index contributed by atoms with van der Waals surface area (Å²) >= 11 is 6.27. The Morgan fingerprint density at radius 1 is 1.19 bits per heavy atom. The molecule has 0 saturated heterocycles.